The van der Waals surface area contributed by atoms with Gasteiger partial charge in [0.1, 0.15) is 5.60 Å². The maximum absolute atomic E-state index is 12.2. The number of carbonyl (C=O) groups excluding carboxylic acids is 2. The number of benzene rings is 1. The van der Waals surface area contributed by atoms with Crippen LogP contribution in [0.5, 0.6) is 0 Å². The van der Waals surface area contributed by atoms with Crippen molar-refractivity contribution in [2.45, 2.75) is 32.4 Å². The van der Waals surface area contributed by atoms with E-state index in [9.17, 15) is 9.59 Å². The van der Waals surface area contributed by atoms with E-state index >= 15 is 0 Å². The van der Waals surface area contributed by atoms with E-state index in [4.69, 9.17) is 4.74 Å². The molecule has 0 bridgehead atoms. The third kappa shape index (κ3) is 3.41. The molecule has 1 unspecified atom stereocenters. The first kappa shape index (κ1) is 15.1. The molecule has 0 spiro atoms. The maximum Gasteiger partial charge on any atom is 0.419 e. The summed E-state index contributed by atoms with van der Waals surface area (Å²) in [6.07, 6.45) is -0.615. The van der Waals surface area contributed by atoms with Gasteiger partial charge in [0.25, 0.3) is 0 Å². The number of rotatable bonds is 1. The molecule has 20 heavy (non-hydrogen) atoms. The van der Waals surface area contributed by atoms with E-state index in [1.54, 1.807) is 20.8 Å². The number of carbonyl (C=O) groups is 2. The molecule has 0 saturated carbocycles. The fourth-order valence-corrected chi connectivity index (χ4v) is 2.33. The molecule has 2 rings (SSSR count). The second-order valence-corrected chi connectivity index (χ2v) is 6.85. The second-order valence-electron chi connectivity index (χ2n) is 5.60. The fourth-order valence-electron chi connectivity index (χ4n) is 1.98. The average molecular weight is 388 g/mol. The minimum atomic E-state index is -0.628. The smallest absolute Gasteiger partial charge is 0.419 e. The Morgan fingerprint density at radius 2 is 1.95 bits per heavy atom. The second kappa shape index (κ2) is 5.59. The van der Waals surface area contributed by atoms with Crippen molar-refractivity contribution in [2.75, 3.05) is 6.54 Å². The van der Waals surface area contributed by atoms with Gasteiger partial charge in [0.15, 0.2) is 0 Å². The van der Waals surface area contributed by atoms with Crippen LogP contribution in [0.15, 0.2) is 24.3 Å². The maximum atomic E-state index is 12.2. The summed E-state index contributed by atoms with van der Waals surface area (Å²) < 4.78 is 6.40. The van der Waals surface area contributed by atoms with Crippen LogP contribution >= 0.6 is 22.6 Å². The van der Waals surface area contributed by atoms with Crippen LogP contribution in [0.1, 0.15) is 32.4 Å². The van der Waals surface area contributed by atoms with E-state index in [0.717, 1.165) is 14.0 Å². The third-order valence-corrected chi connectivity index (χ3v) is 3.54. The number of hydrogen-bond donors (Lipinski definition) is 1. The van der Waals surface area contributed by atoms with Crippen molar-refractivity contribution < 1.29 is 14.3 Å². The van der Waals surface area contributed by atoms with Gasteiger partial charge in [-0.05, 0) is 61.1 Å². The zero-order valence-corrected chi connectivity index (χ0v) is 13.8. The molecule has 6 heteroatoms. The Bertz CT molecular complexity index is 522. The molecule has 1 aliphatic heterocycles. The molecule has 5 nitrogen and oxygen atoms in total. The first-order valence-corrected chi connectivity index (χ1v) is 7.41. The van der Waals surface area contributed by atoms with Crippen LogP contribution in [-0.2, 0) is 4.74 Å². The Morgan fingerprint density at radius 1 is 1.35 bits per heavy atom. The molecule has 1 aliphatic rings. The van der Waals surface area contributed by atoms with Crippen molar-refractivity contribution in [3.8, 4) is 0 Å². The molecule has 1 aromatic rings. The summed E-state index contributed by atoms with van der Waals surface area (Å²) >= 11 is 2.21. The Hall–Kier alpha value is -1.31. The predicted molar refractivity (Wildman–Crippen MR) is 83.4 cm³/mol. The van der Waals surface area contributed by atoms with Crippen LogP contribution in [-0.4, -0.2) is 29.2 Å². The van der Waals surface area contributed by atoms with Crippen molar-refractivity contribution in [2.24, 2.45) is 0 Å². The van der Waals surface area contributed by atoms with Gasteiger partial charge in [-0.15, -0.1) is 0 Å². The molecule has 0 aliphatic carbocycles. The van der Waals surface area contributed by atoms with Crippen LogP contribution in [0.2, 0.25) is 0 Å². The lowest BCUT2D eigenvalue weighted by atomic mass is 10.1. The van der Waals surface area contributed by atoms with E-state index < -0.39 is 17.7 Å². The summed E-state index contributed by atoms with van der Waals surface area (Å²) in [5.41, 5.74) is 0.283. The van der Waals surface area contributed by atoms with Crippen molar-refractivity contribution >= 4 is 34.7 Å². The SMILES string of the molecule is CC(C)(C)OC(=O)N1C(=O)NCC1c1ccc(I)cc1. The van der Waals surface area contributed by atoms with Gasteiger partial charge in [-0.1, -0.05) is 12.1 Å². The van der Waals surface area contributed by atoms with Gasteiger partial charge in [-0.3, -0.25) is 0 Å². The molecule has 1 heterocycles. The summed E-state index contributed by atoms with van der Waals surface area (Å²) in [6.45, 7) is 5.73. The number of ether oxygens (including phenoxy) is 1. The first-order valence-electron chi connectivity index (χ1n) is 6.33. The molecular formula is C14H17IN2O3. The van der Waals surface area contributed by atoms with Crippen LogP contribution < -0.4 is 5.32 Å². The molecule has 108 valence electrons. The molecule has 3 amide bonds. The Morgan fingerprint density at radius 3 is 2.50 bits per heavy atom. The van der Waals surface area contributed by atoms with E-state index in [1.165, 1.54) is 0 Å². The van der Waals surface area contributed by atoms with Crippen LogP contribution in [0.3, 0.4) is 0 Å². The molecule has 1 fully saturated rings. The van der Waals surface area contributed by atoms with Crippen molar-refractivity contribution in [1.82, 2.24) is 10.2 Å². The van der Waals surface area contributed by atoms with Gasteiger partial charge in [-0.2, -0.15) is 0 Å². The van der Waals surface area contributed by atoms with E-state index in [2.05, 4.69) is 27.9 Å². The number of hydrogen-bond acceptors (Lipinski definition) is 3. The quantitative estimate of drug-likeness (QED) is 0.752. The lowest BCUT2D eigenvalue weighted by molar-refractivity contribution is 0.0298. The zero-order valence-electron chi connectivity index (χ0n) is 11.6. The lowest BCUT2D eigenvalue weighted by Gasteiger charge is -2.26. The highest BCUT2D eigenvalue weighted by atomic mass is 127. The normalized spacial score (nSPS) is 18.9. The minimum Gasteiger partial charge on any atom is -0.443 e. The van der Waals surface area contributed by atoms with Crippen LogP contribution in [0, 0.1) is 3.57 Å². The van der Waals surface area contributed by atoms with Crippen molar-refractivity contribution in [3.05, 3.63) is 33.4 Å². The minimum absolute atomic E-state index is 0.325. The standard InChI is InChI=1S/C14H17IN2O3/c1-14(2,3)20-13(19)17-11(8-16-12(17)18)9-4-6-10(15)7-5-9/h4-7,11H,8H2,1-3H3,(H,16,18). The third-order valence-electron chi connectivity index (χ3n) is 2.82. The Kier molecular flexibility index (Phi) is 4.22. The highest BCUT2D eigenvalue weighted by Crippen LogP contribution is 2.27. The molecule has 0 aromatic heterocycles. The number of nitrogens with one attached hydrogen (secondary N) is 1. The Labute approximate surface area is 131 Å². The number of urea groups is 1. The topological polar surface area (TPSA) is 58.6 Å². The number of halogens is 1. The Balaban J connectivity index is 2.22. The van der Waals surface area contributed by atoms with E-state index in [0.29, 0.717) is 6.54 Å². The van der Waals surface area contributed by atoms with Gasteiger partial charge < -0.3 is 10.1 Å². The van der Waals surface area contributed by atoms with Gasteiger partial charge in [0.2, 0.25) is 0 Å². The molecule has 1 atom stereocenters. The summed E-state index contributed by atoms with van der Waals surface area (Å²) in [6, 6.07) is 7.00. The molecule has 1 saturated heterocycles. The largest absolute Gasteiger partial charge is 0.443 e. The monoisotopic (exact) mass is 388 g/mol. The number of imide groups is 1. The fraction of sp³-hybridized carbons (Fsp3) is 0.429. The molecule has 0 radical (unpaired) electrons. The van der Waals surface area contributed by atoms with E-state index in [-0.39, 0.29) is 6.04 Å². The lowest BCUT2D eigenvalue weighted by Crippen LogP contribution is -2.40. The zero-order chi connectivity index (χ0) is 14.9. The number of nitrogens with zero attached hydrogens (tertiary/aromatic N) is 1. The summed E-state index contributed by atoms with van der Waals surface area (Å²) in [4.78, 5) is 25.2. The molecule has 1 aromatic carbocycles. The van der Waals surface area contributed by atoms with Gasteiger partial charge >= 0.3 is 12.1 Å². The average Bonchev–Trinajstić information content (AvgIpc) is 2.70. The summed E-state index contributed by atoms with van der Waals surface area (Å²) in [5, 5.41) is 2.68. The summed E-state index contributed by atoms with van der Waals surface area (Å²) in [5.74, 6) is 0. The predicted octanol–water partition coefficient (Wildman–Crippen LogP) is 3.29. The van der Waals surface area contributed by atoms with E-state index in [1.807, 2.05) is 24.3 Å². The highest BCUT2D eigenvalue weighted by Gasteiger charge is 2.39. The van der Waals surface area contributed by atoms with Crippen molar-refractivity contribution in [1.29, 1.82) is 0 Å². The highest BCUT2D eigenvalue weighted by molar-refractivity contribution is 14.1. The summed E-state index contributed by atoms with van der Waals surface area (Å²) in [7, 11) is 0. The number of amides is 3. The molecule has 1 N–H and O–H groups in total. The van der Waals surface area contributed by atoms with Crippen LogP contribution in [0.4, 0.5) is 9.59 Å². The first-order chi connectivity index (χ1) is 9.28. The van der Waals surface area contributed by atoms with Crippen LogP contribution in [0.25, 0.3) is 0 Å². The van der Waals surface area contributed by atoms with Gasteiger partial charge in [-0.25, -0.2) is 14.5 Å². The van der Waals surface area contributed by atoms with Gasteiger partial charge in [0, 0.05) is 10.1 Å². The van der Waals surface area contributed by atoms with Crippen molar-refractivity contribution in [3.63, 3.8) is 0 Å². The van der Waals surface area contributed by atoms with Gasteiger partial charge in [0.05, 0.1) is 6.04 Å². The molecular weight excluding hydrogens is 371 g/mol.